The molecule has 0 radical (unpaired) electrons. The van der Waals surface area contributed by atoms with E-state index in [9.17, 15) is 0 Å². The van der Waals surface area contributed by atoms with E-state index in [4.69, 9.17) is 14.2 Å². The Bertz CT molecular complexity index is 287. The van der Waals surface area contributed by atoms with Crippen molar-refractivity contribution in [2.75, 3.05) is 19.8 Å². The third-order valence-electron chi connectivity index (χ3n) is 4.25. The minimum atomic E-state index is -1.13. The van der Waals surface area contributed by atoms with Gasteiger partial charge in [-0.1, -0.05) is 57.6 Å². The maximum absolute atomic E-state index is 5.97. The van der Waals surface area contributed by atoms with E-state index in [1.807, 2.05) is 32.9 Å². The summed E-state index contributed by atoms with van der Waals surface area (Å²) in [5.74, 6) is -1.13. The third kappa shape index (κ3) is 6.40. The fourth-order valence-corrected chi connectivity index (χ4v) is 2.99. The fourth-order valence-electron chi connectivity index (χ4n) is 2.99. The van der Waals surface area contributed by atoms with Crippen LogP contribution in [0.5, 0.6) is 0 Å². The van der Waals surface area contributed by atoms with Crippen molar-refractivity contribution in [3.63, 3.8) is 0 Å². The second-order valence-electron chi connectivity index (χ2n) is 5.82. The van der Waals surface area contributed by atoms with Crippen LogP contribution in [0.3, 0.4) is 0 Å². The molecule has 0 N–H and O–H groups in total. The Kier molecular flexibility index (Phi) is 12.4. The van der Waals surface area contributed by atoms with E-state index in [1.54, 1.807) is 0 Å². The molecule has 0 saturated carbocycles. The summed E-state index contributed by atoms with van der Waals surface area (Å²) >= 11 is 0. The van der Waals surface area contributed by atoms with E-state index in [1.165, 1.54) is 32.1 Å². The normalized spacial score (nSPS) is 12.3. The van der Waals surface area contributed by atoms with Crippen molar-refractivity contribution in [3.8, 4) is 0 Å². The molecule has 0 aliphatic carbocycles. The molecule has 0 bridgehead atoms. The lowest BCUT2D eigenvalue weighted by atomic mass is 9.79. The van der Waals surface area contributed by atoms with Gasteiger partial charge in [-0.15, -0.1) is 13.2 Å². The van der Waals surface area contributed by atoms with Gasteiger partial charge in [0.25, 0.3) is 5.97 Å². The number of unbranched alkanes of at least 4 members (excludes halogenated alkanes) is 5. The number of hydrogen-bond acceptors (Lipinski definition) is 3. The SMILES string of the molecule is C=CC(C=C)(CCCCCCCC)C(OCC)(OCC)OCC. The van der Waals surface area contributed by atoms with Gasteiger partial charge < -0.3 is 14.2 Å². The molecule has 0 aliphatic heterocycles. The molecule has 0 rings (SSSR count). The van der Waals surface area contributed by atoms with E-state index in [2.05, 4.69) is 20.1 Å². The van der Waals surface area contributed by atoms with Crippen molar-refractivity contribution in [1.29, 1.82) is 0 Å². The molecule has 0 atom stereocenters. The van der Waals surface area contributed by atoms with Gasteiger partial charge in [-0.2, -0.15) is 0 Å². The van der Waals surface area contributed by atoms with E-state index in [0.29, 0.717) is 19.8 Å². The average Bonchev–Trinajstić information content (AvgIpc) is 2.55. The molecular formula is C20H38O3. The molecular weight excluding hydrogens is 288 g/mol. The van der Waals surface area contributed by atoms with Crippen molar-refractivity contribution in [1.82, 2.24) is 0 Å². The Morgan fingerprint density at radius 1 is 0.696 bits per heavy atom. The molecule has 0 aromatic rings. The molecule has 0 aromatic carbocycles. The first-order valence-electron chi connectivity index (χ1n) is 9.30. The van der Waals surface area contributed by atoms with Crippen LogP contribution in [0.2, 0.25) is 0 Å². The summed E-state index contributed by atoms with van der Waals surface area (Å²) in [6.07, 6.45) is 12.1. The summed E-state index contributed by atoms with van der Waals surface area (Å²) in [5.41, 5.74) is -0.542. The zero-order valence-electron chi connectivity index (χ0n) is 15.9. The van der Waals surface area contributed by atoms with Crippen LogP contribution in [-0.4, -0.2) is 25.8 Å². The van der Waals surface area contributed by atoms with Crippen LogP contribution in [0.15, 0.2) is 25.3 Å². The van der Waals surface area contributed by atoms with Crippen LogP contribution >= 0.6 is 0 Å². The summed E-state index contributed by atoms with van der Waals surface area (Å²) < 4.78 is 17.9. The summed E-state index contributed by atoms with van der Waals surface area (Å²) in [4.78, 5) is 0. The minimum Gasteiger partial charge on any atom is -0.327 e. The molecule has 0 saturated heterocycles. The second-order valence-corrected chi connectivity index (χ2v) is 5.82. The summed E-state index contributed by atoms with van der Waals surface area (Å²) in [6, 6.07) is 0. The molecule has 0 fully saturated rings. The van der Waals surface area contributed by atoms with Crippen LogP contribution in [-0.2, 0) is 14.2 Å². The Morgan fingerprint density at radius 3 is 1.52 bits per heavy atom. The molecule has 23 heavy (non-hydrogen) atoms. The Hall–Kier alpha value is -0.640. The molecule has 0 aliphatic rings. The Morgan fingerprint density at radius 2 is 1.13 bits per heavy atom. The number of hydrogen-bond donors (Lipinski definition) is 0. The van der Waals surface area contributed by atoms with Crippen molar-refractivity contribution in [3.05, 3.63) is 25.3 Å². The highest BCUT2D eigenvalue weighted by Crippen LogP contribution is 2.44. The van der Waals surface area contributed by atoms with Gasteiger partial charge in [0.05, 0.1) is 5.41 Å². The van der Waals surface area contributed by atoms with Gasteiger partial charge in [-0.25, -0.2) is 0 Å². The van der Waals surface area contributed by atoms with E-state index in [0.717, 1.165) is 12.8 Å². The fraction of sp³-hybridized carbons (Fsp3) is 0.800. The Balaban J connectivity index is 5.07. The predicted octanol–water partition coefficient (Wildman–Crippen LogP) is 5.86. The van der Waals surface area contributed by atoms with Gasteiger partial charge in [-0.3, -0.25) is 0 Å². The highest BCUT2D eigenvalue weighted by atomic mass is 16.9. The van der Waals surface area contributed by atoms with Crippen molar-refractivity contribution < 1.29 is 14.2 Å². The smallest absolute Gasteiger partial charge is 0.296 e. The standard InChI is InChI=1S/C20H38O3/c1-7-13-14-15-16-17-18-19(8-2,9-3)20(21-10-4,22-11-5)23-12-6/h8-9H,2-3,7,10-18H2,1,4-6H3. The molecule has 0 spiro atoms. The van der Waals surface area contributed by atoms with Crippen LogP contribution < -0.4 is 0 Å². The van der Waals surface area contributed by atoms with Gasteiger partial charge >= 0.3 is 0 Å². The van der Waals surface area contributed by atoms with Crippen molar-refractivity contribution in [2.24, 2.45) is 5.41 Å². The first-order valence-corrected chi connectivity index (χ1v) is 9.30. The lowest BCUT2D eigenvalue weighted by molar-refractivity contribution is -0.411. The molecule has 136 valence electrons. The monoisotopic (exact) mass is 326 g/mol. The lowest BCUT2D eigenvalue weighted by Crippen LogP contribution is -2.53. The second kappa shape index (κ2) is 12.7. The molecule has 0 aromatic heterocycles. The van der Waals surface area contributed by atoms with Gasteiger partial charge in [0, 0.05) is 19.8 Å². The Labute approximate surface area is 144 Å². The lowest BCUT2D eigenvalue weighted by Gasteiger charge is -2.45. The zero-order valence-corrected chi connectivity index (χ0v) is 15.9. The van der Waals surface area contributed by atoms with Crippen LogP contribution in [0.4, 0.5) is 0 Å². The van der Waals surface area contributed by atoms with Crippen molar-refractivity contribution in [2.45, 2.75) is 78.6 Å². The average molecular weight is 327 g/mol. The molecule has 0 amide bonds. The van der Waals surface area contributed by atoms with Crippen molar-refractivity contribution >= 4 is 0 Å². The molecule has 3 nitrogen and oxygen atoms in total. The maximum atomic E-state index is 5.97. The molecule has 0 unspecified atom stereocenters. The van der Waals surface area contributed by atoms with E-state index in [-0.39, 0.29) is 0 Å². The van der Waals surface area contributed by atoms with Gasteiger partial charge in [0.15, 0.2) is 0 Å². The first-order chi connectivity index (χ1) is 11.1. The van der Waals surface area contributed by atoms with E-state index < -0.39 is 11.4 Å². The topological polar surface area (TPSA) is 27.7 Å². The highest BCUT2D eigenvalue weighted by Gasteiger charge is 2.51. The quantitative estimate of drug-likeness (QED) is 0.202. The predicted molar refractivity (Wildman–Crippen MR) is 98.4 cm³/mol. The van der Waals surface area contributed by atoms with Crippen LogP contribution in [0.1, 0.15) is 72.6 Å². The number of rotatable bonds is 16. The van der Waals surface area contributed by atoms with E-state index >= 15 is 0 Å². The van der Waals surface area contributed by atoms with Crippen LogP contribution in [0.25, 0.3) is 0 Å². The van der Waals surface area contributed by atoms with Gasteiger partial charge in [0.2, 0.25) is 0 Å². The first kappa shape index (κ1) is 22.4. The molecule has 3 heteroatoms. The summed E-state index contributed by atoms with van der Waals surface area (Å²) in [7, 11) is 0. The van der Waals surface area contributed by atoms with Gasteiger partial charge in [0.1, 0.15) is 0 Å². The maximum Gasteiger partial charge on any atom is 0.296 e. The number of ether oxygens (including phenoxy) is 3. The van der Waals surface area contributed by atoms with Gasteiger partial charge in [-0.05, 0) is 27.2 Å². The largest absolute Gasteiger partial charge is 0.327 e. The summed E-state index contributed by atoms with van der Waals surface area (Å²) in [5, 5.41) is 0. The molecule has 0 heterocycles. The zero-order chi connectivity index (χ0) is 17.6. The van der Waals surface area contributed by atoms with Crippen LogP contribution in [0, 0.1) is 5.41 Å². The third-order valence-corrected chi connectivity index (χ3v) is 4.25. The summed E-state index contributed by atoms with van der Waals surface area (Å²) in [6.45, 7) is 17.7. The highest BCUT2D eigenvalue weighted by molar-refractivity contribution is 5.12. The minimum absolute atomic E-state index is 0.514.